The summed E-state index contributed by atoms with van der Waals surface area (Å²) < 4.78 is 0.687. The van der Waals surface area contributed by atoms with Crippen molar-refractivity contribution in [2.75, 3.05) is 0 Å². The van der Waals surface area contributed by atoms with Gasteiger partial charge in [0.1, 0.15) is 0 Å². The highest BCUT2D eigenvalue weighted by Crippen LogP contribution is 2.36. The monoisotopic (exact) mass is 319 g/mol. The predicted octanol–water partition coefficient (Wildman–Crippen LogP) is 3.53. The molecule has 0 aliphatic carbocycles. The lowest BCUT2D eigenvalue weighted by molar-refractivity contribution is -0.385. The van der Waals surface area contributed by atoms with Gasteiger partial charge in [-0.25, -0.2) is 0 Å². The normalized spacial score (nSPS) is 14.4. The minimum atomic E-state index is -0.428. The molecule has 0 radical (unpaired) electrons. The number of rotatable bonds is 4. The van der Waals surface area contributed by atoms with Crippen molar-refractivity contribution in [3.8, 4) is 0 Å². The van der Waals surface area contributed by atoms with Crippen LogP contribution in [-0.4, -0.2) is 21.4 Å². The summed E-state index contributed by atoms with van der Waals surface area (Å²) in [6.07, 6.45) is -0.428. The van der Waals surface area contributed by atoms with Gasteiger partial charge in [-0.1, -0.05) is 6.92 Å². The van der Waals surface area contributed by atoms with Crippen molar-refractivity contribution in [1.29, 1.82) is 0 Å². The summed E-state index contributed by atoms with van der Waals surface area (Å²) in [5, 5.41) is 20.2. The molecule has 1 rings (SSSR count). The van der Waals surface area contributed by atoms with Gasteiger partial charge < -0.3 is 5.11 Å². The maximum absolute atomic E-state index is 10.8. The van der Waals surface area contributed by atoms with Gasteiger partial charge in [0.2, 0.25) is 0 Å². The maximum Gasteiger partial charge on any atom is 0.273 e. The van der Waals surface area contributed by atoms with E-state index in [0.717, 1.165) is 4.90 Å². The summed E-state index contributed by atoms with van der Waals surface area (Å²) in [6, 6.07) is 3.28. The Hall–Kier alpha value is -0.590. The Morgan fingerprint density at radius 2 is 2.06 bits per heavy atom. The van der Waals surface area contributed by atoms with Crippen molar-refractivity contribution in [3.05, 3.63) is 32.3 Å². The number of nitro benzene ring substituents is 1. The topological polar surface area (TPSA) is 63.4 Å². The number of aliphatic hydroxyl groups is 1. The first kappa shape index (κ1) is 14.5. The number of hydrogen-bond acceptors (Lipinski definition) is 4. The molecule has 0 spiro atoms. The molecule has 1 aromatic rings. The third kappa shape index (κ3) is 3.69. The van der Waals surface area contributed by atoms with E-state index < -0.39 is 11.0 Å². The Morgan fingerprint density at radius 3 is 2.53 bits per heavy atom. The zero-order valence-corrected chi connectivity index (χ0v) is 12.2. The van der Waals surface area contributed by atoms with Crippen LogP contribution >= 0.6 is 27.7 Å². The summed E-state index contributed by atoms with van der Waals surface area (Å²) in [5.74, 6) is 0. The van der Waals surface area contributed by atoms with Crippen molar-refractivity contribution in [3.63, 3.8) is 0 Å². The fourth-order valence-corrected chi connectivity index (χ4v) is 2.86. The predicted molar refractivity (Wildman–Crippen MR) is 72.5 cm³/mol. The highest BCUT2D eigenvalue weighted by atomic mass is 79.9. The Morgan fingerprint density at radius 1 is 1.47 bits per heavy atom. The minimum absolute atomic E-state index is 0.0344. The van der Waals surface area contributed by atoms with Gasteiger partial charge in [0.05, 0.1) is 11.0 Å². The molecule has 4 nitrogen and oxygen atoms in total. The second-order valence-electron chi connectivity index (χ2n) is 3.89. The molecule has 6 heteroatoms. The number of halogens is 1. The fraction of sp³-hybridized carbons (Fsp3) is 0.455. The van der Waals surface area contributed by atoms with Gasteiger partial charge in [-0.15, -0.1) is 11.8 Å². The molecule has 0 amide bonds. The number of aliphatic hydroxyl groups excluding tert-OH is 1. The summed E-state index contributed by atoms with van der Waals surface area (Å²) in [4.78, 5) is 11.3. The van der Waals surface area contributed by atoms with Crippen molar-refractivity contribution in [2.24, 2.45) is 0 Å². The Labute approximate surface area is 113 Å². The van der Waals surface area contributed by atoms with E-state index in [-0.39, 0.29) is 10.9 Å². The van der Waals surface area contributed by atoms with E-state index in [0.29, 0.717) is 10.0 Å². The zero-order chi connectivity index (χ0) is 13.2. The number of hydrogen-bond donors (Lipinski definition) is 1. The highest BCUT2D eigenvalue weighted by Gasteiger charge is 2.17. The van der Waals surface area contributed by atoms with E-state index in [1.807, 2.05) is 6.92 Å². The largest absolute Gasteiger partial charge is 0.392 e. The molecule has 0 aliphatic heterocycles. The Balaban J connectivity index is 3.03. The van der Waals surface area contributed by atoms with Crippen LogP contribution in [0.4, 0.5) is 5.69 Å². The molecule has 0 saturated heterocycles. The molecule has 1 N–H and O–H groups in total. The van der Waals surface area contributed by atoms with Gasteiger partial charge in [0.25, 0.3) is 5.69 Å². The fourth-order valence-electron chi connectivity index (χ4n) is 1.23. The summed E-state index contributed by atoms with van der Waals surface area (Å²) in [6.45, 7) is 5.35. The lowest BCUT2D eigenvalue weighted by Crippen LogP contribution is -2.14. The highest BCUT2D eigenvalue weighted by molar-refractivity contribution is 9.10. The van der Waals surface area contributed by atoms with Crippen LogP contribution in [0.3, 0.4) is 0 Å². The van der Waals surface area contributed by atoms with E-state index in [2.05, 4.69) is 15.9 Å². The molecule has 0 aliphatic rings. The standard InChI is InChI=1S/C11H14BrNO3S/c1-6-4-11(17-8(3)7(2)14)9(12)5-10(6)13(15)16/h4-5,7-8,14H,1-3H3. The average Bonchev–Trinajstić information content (AvgIpc) is 2.22. The molecule has 1 aromatic carbocycles. The van der Waals surface area contributed by atoms with E-state index in [9.17, 15) is 15.2 Å². The van der Waals surface area contributed by atoms with Crippen LogP contribution in [0, 0.1) is 17.0 Å². The SMILES string of the molecule is Cc1cc(SC(C)C(C)O)c(Br)cc1[N+](=O)[O-]. The van der Waals surface area contributed by atoms with Crippen LogP contribution in [-0.2, 0) is 0 Å². The molecule has 17 heavy (non-hydrogen) atoms. The molecule has 2 atom stereocenters. The van der Waals surface area contributed by atoms with Crippen molar-refractivity contribution in [2.45, 2.75) is 37.0 Å². The first-order valence-electron chi connectivity index (χ1n) is 5.12. The Kier molecular flexibility index (Phi) is 4.97. The molecular formula is C11H14BrNO3S. The van der Waals surface area contributed by atoms with Crippen LogP contribution in [0.15, 0.2) is 21.5 Å². The summed E-state index contributed by atoms with van der Waals surface area (Å²) >= 11 is 4.81. The van der Waals surface area contributed by atoms with Crippen LogP contribution in [0.2, 0.25) is 0 Å². The van der Waals surface area contributed by atoms with Gasteiger partial charge in [0.15, 0.2) is 0 Å². The van der Waals surface area contributed by atoms with Crippen LogP contribution in [0.1, 0.15) is 19.4 Å². The molecule has 0 fully saturated rings. The molecule has 0 heterocycles. The van der Waals surface area contributed by atoms with E-state index in [1.54, 1.807) is 19.9 Å². The van der Waals surface area contributed by atoms with Gasteiger partial charge in [-0.05, 0) is 35.8 Å². The first-order valence-corrected chi connectivity index (χ1v) is 6.79. The number of nitro groups is 1. The van der Waals surface area contributed by atoms with Gasteiger partial charge >= 0.3 is 0 Å². The lowest BCUT2D eigenvalue weighted by Gasteiger charge is -2.15. The first-order chi connectivity index (χ1) is 7.82. The molecule has 0 bridgehead atoms. The van der Waals surface area contributed by atoms with Gasteiger partial charge in [0, 0.05) is 26.2 Å². The average molecular weight is 320 g/mol. The van der Waals surface area contributed by atoms with E-state index in [1.165, 1.54) is 17.8 Å². The van der Waals surface area contributed by atoms with Crippen LogP contribution in [0.25, 0.3) is 0 Å². The minimum Gasteiger partial charge on any atom is -0.392 e. The lowest BCUT2D eigenvalue weighted by atomic mass is 10.2. The number of thioether (sulfide) groups is 1. The van der Waals surface area contributed by atoms with Gasteiger partial charge in [-0.2, -0.15) is 0 Å². The third-order valence-electron chi connectivity index (χ3n) is 2.44. The summed E-state index contributed by atoms with van der Waals surface area (Å²) in [5.41, 5.74) is 0.726. The van der Waals surface area contributed by atoms with Crippen molar-refractivity contribution in [1.82, 2.24) is 0 Å². The summed E-state index contributed by atoms with van der Waals surface area (Å²) in [7, 11) is 0. The number of nitrogens with zero attached hydrogens (tertiary/aromatic N) is 1. The second-order valence-corrected chi connectivity index (χ2v) is 6.16. The maximum atomic E-state index is 10.8. The van der Waals surface area contributed by atoms with Crippen molar-refractivity contribution < 1.29 is 10.0 Å². The quantitative estimate of drug-likeness (QED) is 0.524. The third-order valence-corrected chi connectivity index (χ3v) is 4.72. The van der Waals surface area contributed by atoms with Crippen LogP contribution < -0.4 is 0 Å². The molecular weight excluding hydrogens is 306 g/mol. The van der Waals surface area contributed by atoms with E-state index in [4.69, 9.17) is 0 Å². The molecule has 0 aromatic heterocycles. The zero-order valence-electron chi connectivity index (χ0n) is 9.81. The Bertz CT molecular complexity index is 437. The molecule has 0 saturated carbocycles. The molecule has 2 unspecified atom stereocenters. The second kappa shape index (κ2) is 5.84. The smallest absolute Gasteiger partial charge is 0.273 e. The number of aryl methyl sites for hydroxylation is 1. The van der Waals surface area contributed by atoms with Crippen molar-refractivity contribution >= 4 is 33.4 Å². The van der Waals surface area contributed by atoms with Gasteiger partial charge in [-0.3, -0.25) is 10.1 Å². The van der Waals surface area contributed by atoms with Crippen LogP contribution in [0.5, 0.6) is 0 Å². The number of benzene rings is 1. The van der Waals surface area contributed by atoms with E-state index >= 15 is 0 Å². The molecule has 94 valence electrons.